The summed E-state index contributed by atoms with van der Waals surface area (Å²) in [5.74, 6) is -1.15. The van der Waals surface area contributed by atoms with Crippen LogP contribution in [-0.4, -0.2) is 58.1 Å². The first kappa shape index (κ1) is 32.7. The lowest BCUT2D eigenvalue weighted by molar-refractivity contribution is -0.128. The van der Waals surface area contributed by atoms with Crippen LogP contribution in [0.25, 0.3) is 10.8 Å². The first-order chi connectivity index (χ1) is 20.5. The normalized spacial score (nSPS) is 15.6. The molecule has 0 saturated carbocycles. The Kier molecular flexibility index (Phi) is 9.78. The maximum Gasteiger partial charge on any atom is 0.258 e. The van der Waals surface area contributed by atoms with Crippen molar-refractivity contribution in [1.29, 1.82) is 0 Å². The molecule has 0 aromatic heterocycles. The molecule has 1 aliphatic rings. The van der Waals surface area contributed by atoms with Crippen LogP contribution in [0.15, 0.2) is 89.8 Å². The number of nitrogens with one attached hydrogen (secondary N) is 2. The van der Waals surface area contributed by atoms with Gasteiger partial charge in [0.1, 0.15) is 6.04 Å². The maximum absolute atomic E-state index is 14.4. The summed E-state index contributed by atoms with van der Waals surface area (Å²) in [6, 6.07) is 23.3. The van der Waals surface area contributed by atoms with Crippen molar-refractivity contribution in [3.05, 3.63) is 102 Å². The largest absolute Gasteiger partial charge is 0.341 e. The van der Waals surface area contributed by atoms with Crippen molar-refractivity contribution >= 4 is 62.1 Å². The molecule has 2 unspecified atom stereocenters. The third-order valence-corrected chi connectivity index (χ3v) is 9.03. The summed E-state index contributed by atoms with van der Waals surface area (Å²) in [7, 11) is -1.80. The highest BCUT2D eigenvalue weighted by atomic mass is 35.5. The molecular formula is C33H35ClN4O5S. The van der Waals surface area contributed by atoms with Crippen molar-refractivity contribution in [2.75, 3.05) is 29.6 Å². The summed E-state index contributed by atoms with van der Waals surface area (Å²) < 4.78 is 24.0. The topological polar surface area (TPSA) is 116 Å². The highest BCUT2D eigenvalue weighted by molar-refractivity contribution is 7.90. The summed E-state index contributed by atoms with van der Waals surface area (Å²) >= 11 is 0. The number of carbonyl (C=O) groups is 3. The van der Waals surface area contributed by atoms with Crippen molar-refractivity contribution in [3.63, 3.8) is 0 Å². The minimum Gasteiger partial charge on any atom is -0.341 e. The van der Waals surface area contributed by atoms with Crippen molar-refractivity contribution in [2.24, 2.45) is 0 Å². The number of benzene rings is 4. The smallest absolute Gasteiger partial charge is 0.258 e. The lowest BCUT2D eigenvalue weighted by Gasteiger charge is -2.27. The number of likely N-dealkylation sites (N-methyl/N-ethyl adjacent to an activating group) is 1. The fraction of sp³-hybridized carbons (Fsp3) is 0.242. The van der Waals surface area contributed by atoms with Gasteiger partial charge >= 0.3 is 0 Å². The number of sulfone groups is 1. The number of nitrogens with zero attached hydrogens (tertiary/aromatic N) is 2. The van der Waals surface area contributed by atoms with E-state index in [2.05, 4.69) is 10.6 Å². The van der Waals surface area contributed by atoms with Crippen molar-refractivity contribution in [1.82, 2.24) is 10.6 Å². The summed E-state index contributed by atoms with van der Waals surface area (Å²) in [4.78, 5) is 44.6. The lowest BCUT2D eigenvalue weighted by Crippen LogP contribution is -2.55. The molecular weight excluding hydrogens is 600 g/mol. The predicted molar refractivity (Wildman–Crippen MR) is 175 cm³/mol. The zero-order valence-corrected chi connectivity index (χ0v) is 26.5. The van der Waals surface area contributed by atoms with Crippen LogP contribution in [0.2, 0.25) is 0 Å². The molecule has 0 aliphatic carbocycles. The van der Waals surface area contributed by atoms with Crippen LogP contribution >= 0.6 is 12.4 Å². The van der Waals surface area contributed by atoms with Crippen LogP contribution < -0.4 is 20.4 Å². The van der Waals surface area contributed by atoms with E-state index in [1.54, 1.807) is 43.1 Å². The molecule has 2 N–H and O–H groups in total. The van der Waals surface area contributed by atoms with Gasteiger partial charge in [-0.1, -0.05) is 48.5 Å². The quantitative estimate of drug-likeness (QED) is 0.314. The minimum atomic E-state index is -3.45. The molecule has 2 atom stereocenters. The molecule has 1 aliphatic heterocycles. The molecule has 4 aromatic rings. The van der Waals surface area contributed by atoms with Crippen molar-refractivity contribution in [3.8, 4) is 0 Å². The van der Waals surface area contributed by atoms with Gasteiger partial charge in [-0.05, 0) is 79.2 Å². The Morgan fingerprint density at radius 3 is 2.23 bits per heavy atom. The van der Waals surface area contributed by atoms with Gasteiger partial charge in [0.25, 0.3) is 11.8 Å². The first-order valence-electron chi connectivity index (χ1n) is 14.0. The second-order valence-corrected chi connectivity index (χ2v) is 12.8. The third-order valence-electron chi connectivity index (χ3n) is 7.90. The second kappa shape index (κ2) is 13.2. The van der Waals surface area contributed by atoms with Gasteiger partial charge in [0.2, 0.25) is 5.91 Å². The van der Waals surface area contributed by atoms with Crippen LogP contribution in [0.5, 0.6) is 0 Å². The van der Waals surface area contributed by atoms with Gasteiger partial charge in [-0.2, -0.15) is 0 Å². The zero-order chi connectivity index (χ0) is 30.9. The number of para-hydroxylation sites is 2. The number of halogens is 1. The molecule has 4 aromatic carbocycles. The Balaban J connectivity index is 0.00000442. The number of amides is 3. The molecule has 0 radical (unpaired) electrons. The van der Waals surface area contributed by atoms with E-state index in [1.165, 1.54) is 29.2 Å². The fourth-order valence-corrected chi connectivity index (χ4v) is 5.92. The molecule has 0 saturated heterocycles. The summed E-state index contributed by atoms with van der Waals surface area (Å²) in [6.45, 7) is 3.80. The first-order valence-corrected chi connectivity index (χ1v) is 15.9. The fourth-order valence-electron chi connectivity index (χ4n) is 5.29. The van der Waals surface area contributed by atoms with Crippen LogP contribution in [0.1, 0.15) is 28.4 Å². The number of carbonyl (C=O) groups excluding carboxylic acids is 3. The number of anilines is 2. The molecule has 11 heteroatoms. The Bertz CT molecular complexity index is 1830. The van der Waals surface area contributed by atoms with E-state index < -0.39 is 27.8 Å². The Morgan fingerprint density at radius 2 is 1.57 bits per heavy atom. The molecule has 0 fully saturated rings. The SMILES string of the molecule is CNC(C)C(=O)NC1CN(C(=O)c2ccc(S(C)(=O)=O)cc2)c2ccccc2N(Cc2c(C)ccc3ccccc23)C1=O.Cl. The van der Waals surface area contributed by atoms with Crippen molar-refractivity contribution in [2.45, 2.75) is 37.4 Å². The van der Waals surface area contributed by atoms with E-state index in [0.717, 1.165) is 28.2 Å². The molecule has 3 amide bonds. The predicted octanol–water partition coefficient (Wildman–Crippen LogP) is 4.26. The number of aryl methyl sites for hydroxylation is 1. The number of fused-ring (bicyclic) bond motifs is 2. The lowest BCUT2D eigenvalue weighted by atomic mass is 9.99. The number of hydrogen-bond acceptors (Lipinski definition) is 6. The van der Waals surface area contributed by atoms with Gasteiger partial charge in [-0.25, -0.2) is 8.42 Å². The summed E-state index contributed by atoms with van der Waals surface area (Å²) in [6.07, 6.45) is 1.10. The van der Waals surface area contributed by atoms with E-state index in [1.807, 2.05) is 43.3 Å². The van der Waals surface area contributed by atoms with E-state index in [0.29, 0.717) is 11.4 Å². The van der Waals surface area contributed by atoms with Gasteiger partial charge < -0.3 is 20.4 Å². The van der Waals surface area contributed by atoms with Gasteiger partial charge in [0.15, 0.2) is 9.84 Å². The maximum atomic E-state index is 14.4. The molecule has 9 nitrogen and oxygen atoms in total. The average Bonchev–Trinajstić information content (AvgIpc) is 3.11. The Labute approximate surface area is 263 Å². The van der Waals surface area contributed by atoms with Gasteiger partial charge in [-0.15, -0.1) is 12.4 Å². The third kappa shape index (κ3) is 6.47. The zero-order valence-electron chi connectivity index (χ0n) is 24.9. The molecule has 0 bridgehead atoms. The van der Waals surface area contributed by atoms with E-state index in [-0.39, 0.29) is 47.8 Å². The van der Waals surface area contributed by atoms with Crippen LogP contribution in [-0.2, 0) is 26.0 Å². The van der Waals surface area contributed by atoms with E-state index in [4.69, 9.17) is 0 Å². The van der Waals surface area contributed by atoms with Crippen LogP contribution in [0.3, 0.4) is 0 Å². The molecule has 0 spiro atoms. The number of hydrogen-bond donors (Lipinski definition) is 2. The highest BCUT2D eigenvalue weighted by Gasteiger charge is 2.38. The van der Waals surface area contributed by atoms with Gasteiger partial charge in [0, 0.05) is 11.8 Å². The van der Waals surface area contributed by atoms with Crippen molar-refractivity contribution < 1.29 is 22.8 Å². The molecule has 44 heavy (non-hydrogen) atoms. The Hall–Kier alpha value is -4.25. The van der Waals surface area contributed by atoms with Gasteiger partial charge in [0.05, 0.1) is 35.4 Å². The molecule has 1 heterocycles. The van der Waals surface area contributed by atoms with Crippen LogP contribution in [0, 0.1) is 6.92 Å². The Morgan fingerprint density at radius 1 is 0.932 bits per heavy atom. The number of rotatable bonds is 7. The monoisotopic (exact) mass is 634 g/mol. The molecule has 5 rings (SSSR count). The van der Waals surface area contributed by atoms with Gasteiger partial charge in [-0.3, -0.25) is 14.4 Å². The average molecular weight is 635 g/mol. The molecule has 230 valence electrons. The summed E-state index contributed by atoms with van der Waals surface area (Å²) in [5.41, 5.74) is 3.26. The van der Waals surface area contributed by atoms with E-state index >= 15 is 0 Å². The highest BCUT2D eigenvalue weighted by Crippen LogP contribution is 2.36. The minimum absolute atomic E-state index is 0. The second-order valence-electron chi connectivity index (χ2n) is 10.8. The standard InChI is InChI=1S/C33H34N4O5S.ClH/c1-21-13-14-23-9-5-6-10-26(23)27(21)19-36-29-11-7-8-12-30(29)37(20-28(33(36)40)35-31(38)22(2)34-3)32(39)24-15-17-25(18-16-24)43(4,41)42;/h5-18,22,28,34H,19-20H2,1-4H3,(H,35,38);1H. The van der Waals surface area contributed by atoms with Crippen LogP contribution in [0.4, 0.5) is 11.4 Å². The van der Waals surface area contributed by atoms with E-state index in [9.17, 15) is 22.8 Å². The summed E-state index contributed by atoms with van der Waals surface area (Å²) in [5, 5.41) is 7.81.